The van der Waals surface area contributed by atoms with Gasteiger partial charge in [-0.05, 0) is 6.42 Å². The lowest BCUT2D eigenvalue weighted by atomic mass is 9.90. The number of nitrogens with zero attached hydrogens (tertiary/aromatic N) is 1. The third kappa shape index (κ3) is 6.24. The van der Waals surface area contributed by atoms with E-state index in [2.05, 4.69) is 13.0 Å². The summed E-state index contributed by atoms with van der Waals surface area (Å²) < 4.78 is 4.92. The summed E-state index contributed by atoms with van der Waals surface area (Å²) in [7, 11) is 1.56. The van der Waals surface area contributed by atoms with Crippen LogP contribution in [0.5, 0.6) is 0 Å². The number of methoxy groups -OCH3 is 1. The minimum Gasteiger partial charge on any atom is -0.383 e. The Morgan fingerprint density at radius 1 is 1.40 bits per heavy atom. The van der Waals surface area contributed by atoms with Crippen LogP contribution in [0.25, 0.3) is 0 Å². The third-order valence-corrected chi connectivity index (χ3v) is 2.59. The molecule has 0 saturated carbocycles. The van der Waals surface area contributed by atoms with E-state index in [0.29, 0.717) is 6.61 Å². The van der Waals surface area contributed by atoms with E-state index in [9.17, 15) is 4.79 Å². The molecule has 0 heterocycles. The van der Waals surface area contributed by atoms with Gasteiger partial charge in [-0.2, -0.15) is 5.26 Å². The van der Waals surface area contributed by atoms with Gasteiger partial charge in [0.05, 0.1) is 18.6 Å². The lowest BCUT2D eigenvalue weighted by Crippen LogP contribution is -2.19. The Morgan fingerprint density at radius 3 is 2.60 bits per heavy atom. The van der Waals surface area contributed by atoms with E-state index in [1.807, 2.05) is 0 Å². The second-order valence-corrected chi connectivity index (χ2v) is 3.84. The maximum Gasteiger partial charge on any atom is 0.124 e. The molecular weight excluding hydrogens is 190 g/mol. The van der Waals surface area contributed by atoms with E-state index in [4.69, 9.17) is 10.00 Å². The number of nitriles is 1. The average molecular weight is 211 g/mol. The maximum absolute atomic E-state index is 10.8. The molecule has 0 aliphatic rings. The molecule has 3 heteroatoms. The molecule has 0 aromatic carbocycles. The molecule has 3 nitrogen and oxygen atoms in total. The van der Waals surface area contributed by atoms with E-state index in [-0.39, 0.29) is 11.8 Å². The highest BCUT2D eigenvalue weighted by Crippen LogP contribution is 2.17. The predicted molar refractivity (Wildman–Crippen MR) is 59.3 cm³/mol. The molecular formula is C12H21NO2. The SMILES string of the molecule is CCCCCC[C@@H](C=O)[C@@H](C#N)COC. The van der Waals surface area contributed by atoms with Gasteiger partial charge in [0.25, 0.3) is 0 Å². The van der Waals surface area contributed by atoms with E-state index in [0.717, 1.165) is 25.5 Å². The standard InChI is InChI=1S/C12H21NO2/c1-3-4-5-6-7-11(9-14)12(8-13)10-15-2/h9,11-12H,3-7,10H2,1-2H3/t11-,12-/m0/s1. The fourth-order valence-corrected chi connectivity index (χ4v) is 1.61. The number of ether oxygens (including phenoxy) is 1. The molecule has 0 bridgehead atoms. The van der Waals surface area contributed by atoms with Crippen molar-refractivity contribution in [3.8, 4) is 6.07 Å². The molecule has 0 N–H and O–H groups in total. The molecule has 0 fully saturated rings. The van der Waals surface area contributed by atoms with Gasteiger partial charge >= 0.3 is 0 Å². The van der Waals surface area contributed by atoms with Crippen LogP contribution >= 0.6 is 0 Å². The van der Waals surface area contributed by atoms with Gasteiger partial charge in [0.1, 0.15) is 6.29 Å². The highest BCUT2D eigenvalue weighted by atomic mass is 16.5. The largest absolute Gasteiger partial charge is 0.383 e. The monoisotopic (exact) mass is 211 g/mol. The van der Waals surface area contributed by atoms with Crippen molar-refractivity contribution in [2.45, 2.75) is 39.0 Å². The fraction of sp³-hybridized carbons (Fsp3) is 0.833. The lowest BCUT2D eigenvalue weighted by Gasteiger charge is -2.15. The van der Waals surface area contributed by atoms with Gasteiger partial charge < -0.3 is 9.53 Å². The third-order valence-electron chi connectivity index (χ3n) is 2.59. The molecule has 0 unspecified atom stereocenters. The van der Waals surface area contributed by atoms with Gasteiger partial charge in [-0.1, -0.05) is 32.6 Å². The quantitative estimate of drug-likeness (QED) is 0.435. The number of unbranched alkanes of at least 4 members (excludes halogenated alkanes) is 3. The summed E-state index contributed by atoms with van der Waals surface area (Å²) in [6.07, 6.45) is 6.27. The van der Waals surface area contributed by atoms with Crippen molar-refractivity contribution in [1.82, 2.24) is 0 Å². The molecule has 0 aliphatic carbocycles. The van der Waals surface area contributed by atoms with Crippen molar-refractivity contribution < 1.29 is 9.53 Å². The first kappa shape index (κ1) is 14.1. The Bertz CT molecular complexity index is 198. The summed E-state index contributed by atoms with van der Waals surface area (Å²) in [4.78, 5) is 10.8. The number of carbonyl (C=O) groups excluding carboxylic acids is 1. The van der Waals surface area contributed by atoms with E-state index < -0.39 is 0 Å². The zero-order valence-corrected chi connectivity index (χ0v) is 9.74. The van der Waals surface area contributed by atoms with Crippen LogP contribution in [0.15, 0.2) is 0 Å². The van der Waals surface area contributed by atoms with Crippen molar-refractivity contribution in [2.24, 2.45) is 11.8 Å². The number of carbonyl (C=O) groups is 1. The van der Waals surface area contributed by atoms with Crippen molar-refractivity contribution in [2.75, 3.05) is 13.7 Å². The predicted octanol–water partition coefficient (Wildman–Crippen LogP) is 2.56. The Hall–Kier alpha value is -0.880. The molecule has 0 aliphatic heterocycles. The highest BCUT2D eigenvalue weighted by Gasteiger charge is 2.19. The Labute approximate surface area is 92.4 Å². The van der Waals surface area contributed by atoms with Crippen LogP contribution in [0, 0.1) is 23.2 Å². The van der Waals surface area contributed by atoms with Gasteiger partial charge in [0.2, 0.25) is 0 Å². The number of hydrogen-bond donors (Lipinski definition) is 0. The van der Waals surface area contributed by atoms with Crippen LogP contribution in [0.1, 0.15) is 39.0 Å². The van der Waals surface area contributed by atoms with Crippen LogP contribution < -0.4 is 0 Å². The molecule has 2 atom stereocenters. The second-order valence-electron chi connectivity index (χ2n) is 3.84. The number of aldehydes is 1. The van der Waals surface area contributed by atoms with Gasteiger partial charge in [0, 0.05) is 13.0 Å². The van der Waals surface area contributed by atoms with Gasteiger partial charge in [-0.25, -0.2) is 0 Å². The average Bonchev–Trinajstić information content (AvgIpc) is 2.27. The van der Waals surface area contributed by atoms with Crippen LogP contribution in [-0.4, -0.2) is 20.0 Å². The van der Waals surface area contributed by atoms with Gasteiger partial charge in [-0.15, -0.1) is 0 Å². The van der Waals surface area contributed by atoms with E-state index >= 15 is 0 Å². The summed E-state index contributed by atoms with van der Waals surface area (Å²) in [5, 5.41) is 8.87. The van der Waals surface area contributed by atoms with Crippen LogP contribution in [0.4, 0.5) is 0 Å². The lowest BCUT2D eigenvalue weighted by molar-refractivity contribution is -0.112. The zero-order chi connectivity index (χ0) is 11.5. The van der Waals surface area contributed by atoms with E-state index in [1.165, 1.54) is 12.8 Å². The summed E-state index contributed by atoms with van der Waals surface area (Å²) in [6, 6.07) is 2.14. The molecule has 0 aromatic rings. The Morgan fingerprint density at radius 2 is 2.13 bits per heavy atom. The normalized spacial score (nSPS) is 14.2. The second kappa shape index (κ2) is 9.67. The van der Waals surface area contributed by atoms with Crippen LogP contribution in [-0.2, 0) is 9.53 Å². The Kier molecular flexibility index (Phi) is 9.10. The molecule has 0 spiro atoms. The van der Waals surface area contributed by atoms with Crippen LogP contribution in [0.3, 0.4) is 0 Å². The first-order chi connectivity index (χ1) is 7.29. The molecule has 0 aromatic heterocycles. The van der Waals surface area contributed by atoms with Crippen LogP contribution in [0.2, 0.25) is 0 Å². The molecule has 0 radical (unpaired) electrons. The summed E-state index contributed by atoms with van der Waals surface area (Å²) in [5.41, 5.74) is 0. The first-order valence-electron chi connectivity index (χ1n) is 5.64. The number of hydrogen-bond acceptors (Lipinski definition) is 3. The summed E-state index contributed by atoms with van der Waals surface area (Å²) >= 11 is 0. The van der Waals surface area contributed by atoms with Crippen molar-refractivity contribution in [3.05, 3.63) is 0 Å². The number of rotatable bonds is 9. The summed E-state index contributed by atoms with van der Waals surface area (Å²) in [6.45, 7) is 2.51. The molecule has 0 saturated heterocycles. The van der Waals surface area contributed by atoms with Crippen molar-refractivity contribution in [3.63, 3.8) is 0 Å². The van der Waals surface area contributed by atoms with Crippen molar-refractivity contribution >= 4 is 6.29 Å². The topological polar surface area (TPSA) is 50.1 Å². The first-order valence-corrected chi connectivity index (χ1v) is 5.64. The maximum atomic E-state index is 10.8. The molecule has 0 amide bonds. The van der Waals surface area contributed by atoms with Gasteiger partial charge in [0.15, 0.2) is 0 Å². The molecule has 86 valence electrons. The molecule has 15 heavy (non-hydrogen) atoms. The Balaban J connectivity index is 3.88. The van der Waals surface area contributed by atoms with Crippen molar-refractivity contribution in [1.29, 1.82) is 5.26 Å². The smallest absolute Gasteiger partial charge is 0.124 e. The van der Waals surface area contributed by atoms with E-state index in [1.54, 1.807) is 7.11 Å². The summed E-state index contributed by atoms with van der Waals surface area (Å²) in [5.74, 6) is -0.444. The van der Waals surface area contributed by atoms with Gasteiger partial charge in [-0.3, -0.25) is 0 Å². The minimum atomic E-state index is -0.283. The molecule has 0 rings (SSSR count). The highest BCUT2D eigenvalue weighted by molar-refractivity contribution is 5.54. The minimum absolute atomic E-state index is 0.160. The fourth-order valence-electron chi connectivity index (χ4n) is 1.61. The zero-order valence-electron chi connectivity index (χ0n) is 9.74.